The van der Waals surface area contributed by atoms with Gasteiger partial charge in [0, 0.05) is 17.5 Å². The first-order valence-corrected chi connectivity index (χ1v) is 9.08. The lowest BCUT2D eigenvalue weighted by molar-refractivity contribution is -0.116. The van der Waals surface area contributed by atoms with Crippen molar-refractivity contribution >= 4 is 29.1 Å². The van der Waals surface area contributed by atoms with E-state index in [2.05, 4.69) is 5.32 Å². The normalized spacial score (nSPS) is 15.1. The highest BCUT2D eigenvalue weighted by atomic mass is 16.4. The van der Waals surface area contributed by atoms with Crippen LogP contribution < -0.4 is 16.0 Å². The number of fused-ring (bicyclic) bond motifs is 1. The molecule has 0 unspecified atom stereocenters. The monoisotopic (exact) mass is 367 g/mol. The molecule has 0 aromatic heterocycles. The Bertz CT molecular complexity index is 862. The first-order valence-electron chi connectivity index (χ1n) is 9.08. The molecule has 0 atom stereocenters. The summed E-state index contributed by atoms with van der Waals surface area (Å²) >= 11 is 0. The van der Waals surface area contributed by atoms with Crippen LogP contribution in [0.3, 0.4) is 0 Å². The lowest BCUT2D eigenvalue weighted by Crippen LogP contribution is -2.50. The van der Waals surface area contributed by atoms with Crippen molar-refractivity contribution in [2.75, 3.05) is 16.0 Å². The predicted octanol–water partition coefficient (Wildman–Crippen LogP) is 4.05. The maximum Gasteiger partial charge on any atom is 0.412 e. The summed E-state index contributed by atoms with van der Waals surface area (Å²) in [7, 11) is 0. The van der Waals surface area contributed by atoms with Gasteiger partial charge in [0.15, 0.2) is 0 Å². The molecule has 4 N–H and O–H groups in total. The smallest absolute Gasteiger partial charge is 0.412 e. The summed E-state index contributed by atoms with van der Waals surface area (Å²) in [6.07, 6.45) is 1.28. The Kier molecular flexibility index (Phi) is 5.08. The summed E-state index contributed by atoms with van der Waals surface area (Å²) < 4.78 is 0. The highest BCUT2D eigenvalue weighted by Crippen LogP contribution is 2.42. The summed E-state index contributed by atoms with van der Waals surface area (Å²) in [6, 6.07) is 13.2. The standard InChI is InChI=1S/C21H25N3O3/c1-21(2)13-12-15-17(24(21)20(26)27)10-9-16(22)19(15)23-18(25)11-8-14-6-4-3-5-7-14/h3-7,9-10H,8,11-13,22H2,1-2H3,(H,23,25)(H,26,27). The van der Waals surface area contributed by atoms with E-state index in [1.54, 1.807) is 12.1 Å². The van der Waals surface area contributed by atoms with E-state index in [4.69, 9.17) is 5.73 Å². The van der Waals surface area contributed by atoms with E-state index in [9.17, 15) is 14.7 Å². The maximum atomic E-state index is 12.5. The van der Waals surface area contributed by atoms with Crippen molar-refractivity contribution in [1.29, 1.82) is 0 Å². The number of anilines is 3. The Morgan fingerprint density at radius 1 is 1.19 bits per heavy atom. The molecule has 0 bridgehead atoms. The molecule has 2 amide bonds. The topological polar surface area (TPSA) is 95.7 Å². The highest BCUT2D eigenvalue weighted by Gasteiger charge is 2.38. The summed E-state index contributed by atoms with van der Waals surface area (Å²) in [5.41, 5.74) is 9.05. The fourth-order valence-electron chi connectivity index (χ4n) is 3.60. The number of carboxylic acid groups (broad SMARTS) is 1. The average molecular weight is 367 g/mol. The van der Waals surface area contributed by atoms with Crippen LogP contribution in [0.2, 0.25) is 0 Å². The number of aryl methyl sites for hydroxylation is 1. The van der Waals surface area contributed by atoms with Gasteiger partial charge < -0.3 is 16.2 Å². The molecule has 0 fully saturated rings. The molecular formula is C21H25N3O3. The zero-order chi connectivity index (χ0) is 19.6. The van der Waals surface area contributed by atoms with E-state index in [0.717, 1.165) is 11.1 Å². The fourth-order valence-corrected chi connectivity index (χ4v) is 3.60. The highest BCUT2D eigenvalue weighted by molar-refractivity contribution is 5.99. The lowest BCUT2D eigenvalue weighted by Gasteiger charge is -2.42. The van der Waals surface area contributed by atoms with Gasteiger partial charge in [-0.2, -0.15) is 0 Å². The molecule has 2 aromatic rings. The summed E-state index contributed by atoms with van der Waals surface area (Å²) in [4.78, 5) is 25.7. The Morgan fingerprint density at radius 2 is 1.89 bits per heavy atom. The van der Waals surface area contributed by atoms with Crippen LogP contribution >= 0.6 is 0 Å². The number of benzene rings is 2. The minimum absolute atomic E-state index is 0.134. The third-order valence-electron chi connectivity index (χ3n) is 5.09. The number of nitrogens with one attached hydrogen (secondary N) is 1. The Balaban J connectivity index is 1.83. The number of carbonyl (C=O) groups is 2. The Morgan fingerprint density at radius 3 is 2.56 bits per heavy atom. The number of rotatable bonds is 4. The quantitative estimate of drug-likeness (QED) is 0.710. The van der Waals surface area contributed by atoms with Gasteiger partial charge >= 0.3 is 6.09 Å². The van der Waals surface area contributed by atoms with Gasteiger partial charge in [0.1, 0.15) is 0 Å². The molecule has 3 rings (SSSR count). The number of nitrogen functional groups attached to an aromatic ring is 1. The Hall–Kier alpha value is -3.02. The summed E-state index contributed by atoms with van der Waals surface area (Å²) in [6.45, 7) is 3.80. The molecule has 6 nitrogen and oxygen atoms in total. The van der Waals surface area contributed by atoms with Crippen LogP contribution in [0.15, 0.2) is 42.5 Å². The van der Waals surface area contributed by atoms with Crippen molar-refractivity contribution in [2.24, 2.45) is 0 Å². The molecule has 0 saturated carbocycles. The van der Waals surface area contributed by atoms with Crippen LogP contribution in [0.1, 0.15) is 37.8 Å². The molecule has 27 heavy (non-hydrogen) atoms. The molecule has 2 aromatic carbocycles. The van der Waals surface area contributed by atoms with Gasteiger partial charge in [-0.15, -0.1) is 0 Å². The third kappa shape index (κ3) is 3.89. The van der Waals surface area contributed by atoms with Crippen LogP contribution in [0, 0.1) is 0 Å². The molecule has 0 radical (unpaired) electrons. The van der Waals surface area contributed by atoms with Crippen molar-refractivity contribution in [3.8, 4) is 0 Å². The van der Waals surface area contributed by atoms with E-state index in [1.165, 1.54) is 4.90 Å². The second-order valence-corrected chi connectivity index (χ2v) is 7.49. The predicted molar refractivity (Wildman–Crippen MR) is 107 cm³/mol. The van der Waals surface area contributed by atoms with Gasteiger partial charge in [-0.3, -0.25) is 9.69 Å². The lowest BCUT2D eigenvalue weighted by atomic mass is 9.86. The number of hydrogen-bond acceptors (Lipinski definition) is 3. The third-order valence-corrected chi connectivity index (χ3v) is 5.09. The van der Waals surface area contributed by atoms with E-state index in [1.807, 2.05) is 44.2 Å². The van der Waals surface area contributed by atoms with Crippen molar-refractivity contribution in [3.05, 3.63) is 53.6 Å². The number of amides is 2. The molecule has 0 saturated heterocycles. The molecule has 1 heterocycles. The molecule has 1 aliphatic rings. The van der Waals surface area contributed by atoms with Gasteiger partial charge in [0.05, 0.1) is 17.1 Å². The zero-order valence-electron chi connectivity index (χ0n) is 15.7. The van der Waals surface area contributed by atoms with Crippen LogP contribution in [-0.4, -0.2) is 22.6 Å². The number of nitrogens with two attached hydrogens (primary N) is 1. The molecular weight excluding hydrogens is 342 g/mol. The van der Waals surface area contributed by atoms with Crippen LogP contribution in [-0.2, 0) is 17.6 Å². The second kappa shape index (κ2) is 7.31. The fraction of sp³-hybridized carbons (Fsp3) is 0.333. The largest absolute Gasteiger partial charge is 0.465 e. The van der Waals surface area contributed by atoms with Crippen LogP contribution in [0.25, 0.3) is 0 Å². The van der Waals surface area contributed by atoms with Crippen LogP contribution in [0.4, 0.5) is 21.9 Å². The van der Waals surface area contributed by atoms with Gasteiger partial charge in [0.25, 0.3) is 0 Å². The van der Waals surface area contributed by atoms with E-state index < -0.39 is 11.6 Å². The van der Waals surface area contributed by atoms with Crippen molar-refractivity contribution < 1.29 is 14.7 Å². The van der Waals surface area contributed by atoms with E-state index >= 15 is 0 Å². The first kappa shape index (κ1) is 18.8. The Labute approximate surface area is 159 Å². The molecule has 0 spiro atoms. The summed E-state index contributed by atoms with van der Waals surface area (Å²) in [5.74, 6) is -0.134. The maximum absolute atomic E-state index is 12.5. The van der Waals surface area contributed by atoms with Crippen molar-refractivity contribution in [3.63, 3.8) is 0 Å². The number of nitrogens with zero attached hydrogens (tertiary/aromatic N) is 1. The van der Waals surface area contributed by atoms with E-state index in [0.29, 0.717) is 42.7 Å². The van der Waals surface area contributed by atoms with E-state index in [-0.39, 0.29) is 5.91 Å². The van der Waals surface area contributed by atoms with Gasteiger partial charge in [-0.1, -0.05) is 30.3 Å². The molecule has 1 aliphatic heterocycles. The SMILES string of the molecule is CC1(C)CCc2c(ccc(N)c2NC(=O)CCc2ccccc2)N1C(=O)O. The number of hydrogen-bond donors (Lipinski definition) is 3. The zero-order valence-corrected chi connectivity index (χ0v) is 15.7. The molecule has 142 valence electrons. The number of carbonyl (C=O) groups excluding carboxylic acids is 1. The second-order valence-electron chi connectivity index (χ2n) is 7.49. The first-order chi connectivity index (χ1) is 12.8. The minimum atomic E-state index is -1.01. The average Bonchev–Trinajstić information content (AvgIpc) is 2.62. The summed E-state index contributed by atoms with van der Waals surface area (Å²) in [5, 5.41) is 12.6. The van der Waals surface area contributed by atoms with Gasteiger partial charge in [-0.05, 0) is 50.8 Å². The van der Waals surface area contributed by atoms with Gasteiger partial charge in [0.2, 0.25) is 5.91 Å². The van der Waals surface area contributed by atoms with Crippen molar-refractivity contribution in [1.82, 2.24) is 0 Å². The van der Waals surface area contributed by atoms with Gasteiger partial charge in [-0.25, -0.2) is 4.79 Å². The molecule has 0 aliphatic carbocycles. The van der Waals surface area contributed by atoms with Crippen molar-refractivity contribution in [2.45, 2.75) is 45.1 Å². The van der Waals surface area contributed by atoms with Crippen LogP contribution in [0.5, 0.6) is 0 Å². The molecule has 6 heteroatoms. The minimum Gasteiger partial charge on any atom is -0.465 e.